The molecule has 3 aromatic rings. The number of aromatic nitrogens is 1. The van der Waals surface area contributed by atoms with Crippen molar-refractivity contribution in [2.45, 2.75) is 25.4 Å². The van der Waals surface area contributed by atoms with Crippen LogP contribution >= 0.6 is 11.6 Å². The van der Waals surface area contributed by atoms with E-state index in [0.29, 0.717) is 0 Å². The van der Waals surface area contributed by atoms with Crippen LogP contribution in [0.15, 0.2) is 34.9 Å². The van der Waals surface area contributed by atoms with Gasteiger partial charge in [0.1, 0.15) is 11.6 Å². The highest BCUT2D eigenvalue weighted by Gasteiger charge is 2.37. The summed E-state index contributed by atoms with van der Waals surface area (Å²) in [7, 11) is -3.51. The summed E-state index contributed by atoms with van der Waals surface area (Å²) in [5.74, 6) is -1.91. The van der Waals surface area contributed by atoms with E-state index in [-0.39, 0.29) is 51.7 Å². The molecule has 0 spiro atoms. The van der Waals surface area contributed by atoms with Gasteiger partial charge in [-0.2, -0.15) is 0 Å². The lowest BCUT2D eigenvalue weighted by atomic mass is 10.0. The van der Waals surface area contributed by atoms with Gasteiger partial charge in [0.25, 0.3) is 0 Å². The molecular weight excluding hydrogens is 494 g/mol. The van der Waals surface area contributed by atoms with E-state index in [1.165, 1.54) is 30.0 Å². The average Bonchev–Trinajstić information content (AvgIpc) is 3.37. The molecule has 3 N–H and O–H groups in total. The van der Waals surface area contributed by atoms with Crippen molar-refractivity contribution in [2.75, 3.05) is 24.2 Å². The number of fused-ring (bicyclic) bond motifs is 1. The molecule has 0 bridgehead atoms. The molecule has 9 nitrogen and oxygen atoms in total. The van der Waals surface area contributed by atoms with Crippen molar-refractivity contribution in [1.82, 2.24) is 14.8 Å². The number of amides is 2. The van der Waals surface area contributed by atoms with E-state index in [0.717, 1.165) is 12.1 Å². The van der Waals surface area contributed by atoms with Gasteiger partial charge in [0.2, 0.25) is 10.0 Å². The molecule has 0 radical (unpaired) electrons. The fourth-order valence-corrected chi connectivity index (χ4v) is 5.06. The number of halogens is 3. The highest BCUT2D eigenvalue weighted by Crippen LogP contribution is 2.39. The third kappa shape index (κ3) is 4.71. The van der Waals surface area contributed by atoms with Gasteiger partial charge in [-0.25, -0.2) is 26.7 Å². The summed E-state index contributed by atoms with van der Waals surface area (Å²) in [5, 5.41) is 16.4. The maximum Gasteiger partial charge on any atom is 0.323 e. The number of nitrogens with zero attached hydrogens (tertiary/aromatic N) is 2. The Labute approximate surface area is 198 Å². The summed E-state index contributed by atoms with van der Waals surface area (Å²) in [6, 6.07) is 4.20. The monoisotopic (exact) mass is 514 g/mol. The van der Waals surface area contributed by atoms with Crippen molar-refractivity contribution in [3.8, 4) is 11.1 Å². The van der Waals surface area contributed by atoms with Gasteiger partial charge >= 0.3 is 6.03 Å². The van der Waals surface area contributed by atoms with Crippen molar-refractivity contribution >= 4 is 44.4 Å². The lowest BCUT2D eigenvalue weighted by Gasteiger charge is -2.22. The molecule has 2 aromatic carbocycles. The number of anilines is 1. The lowest BCUT2D eigenvalue weighted by Crippen LogP contribution is -2.42. The van der Waals surface area contributed by atoms with E-state index in [4.69, 9.17) is 16.1 Å². The van der Waals surface area contributed by atoms with E-state index >= 15 is 0 Å². The molecule has 2 unspecified atom stereocenters. The molecule has 0 aliphatic carbocycles. The molecule has 4 rings (SSSR count). The van der Waals surface area contributed by atoms with Gasteiger partial charge in [-0.1, -0.05) is 22.8 Å². The van der Waals surface area contributed by atoms with Crippen LogP contribution in [-0.2, 0) is 10.0 Å². The largest absolute Gasteiger partial charge is 0.394 e. The normalized spacial score (nSPS) is 18.6. The summed E-state index contributed by atoms with van der Waals surface area (Å²) in [6.07, 6.45) is 0.212. The Morgan fingerprint density at radius 3 is 2.68 bits per heavy atom. The zero-order valence-electron chi connectivity index (χ0n) is 17.9. The van der Waals surface area contributed by atoms with Crippen LogP contribution in [0.1, 0.15) is 13.3 Å². The molecule has 1 saturated heterocycles. The fraction of sp³-hybridized carbons (Fsp3) is 0.333. The first-order valence-electron chi connectivity index (χ1n) is 10.3. The molecule has 34 heavy (non-hydrogen) atoms. The van der Waals surface area contributed by atoms with Crippen LogP contribution in [0.3, 0.4) is 0 Å². The van der Waals surface area contributed by atoms with Gasteiger partial charge in [0.05, 0.1) is 29.4 Å². The lowest BCUT2D eigenvalue weighted by molar-refractivity contribution is 0.166. The molecule has 2 heterocycles. The SMILES string of the molecule is CCS(=O)(=O)NC1CC(CO)N(C(=O)Nc2noc3cc(Cl)cc(-c4c(F)cccc4F)c23)C1. The van der Waals surface area contributed by atoms with E-state index in [9.17, 15) is 27.1 Å². The van der Waals surface area contributed by atoms with Crippen LogP contribution < -0.4 is 10.0 Å². The van der Waals surface area contributed by atoms with Crippen molar-refractivity contribution in [1.29, 1.82) is 0 Å². The maximum atomic E-state index is 14.5. The molecule has 182 valence electrons. The first-order valence-corrected chi connectivity index (χ1v) is 12.4. The Balaban J connectivity index is 1.67. The zero-order valence-corrected chi connectivity index (χ0v) is 19.5. The van der Waals surface area contributed by atoms with Gasteiger partial charge in [0.15, 0.2) is 11.4 Å². The van der Waals surface area contributed by atoms with Crippen molar-refractivity contribution in [3.63, 3.8) is 0 Å². The number of likely N-dealkylation sites (tertiary alicyclic amines) is 1. The smallest absolute Gasteiger partial charge is 0.323 e. The predicted octanol–water partition coefficient (Wildman–Crippen LogP) is 3.33. The second-order valence-electron chi connectivity index (χ2n) is 7.83. The number of aliphatic hydroxyl groups excluding tert-OH is 1. The van der Waals surface area contributed by atoms with Crippen LogP contribution in [0.25, 0.3) is 22.1 Å². The molecule has 1 aliphatic rings. The highest BCUT2D eigenvalue weighted by atomic mass is 35.5. The number of benzene rings is 2. The van der Waals surface area contributed by atoms with E-state index in [2.05, 4.69) is 15.2 Å². The fourth-order valence-electron chi connectivity index (χ4n) is 4.01. The Morgan fingerprint density at radius 2 is 2.03 bits per heavy atom. The Kier molecular flexibility index (Phi) is 6.76. The summed E-state index contributed by atoms with van der Waals surface area (Å²) in [5.41, 5.74) is -0.241. The van der Waals surface area contributed by atoms with Crippen molar-refractivity contribution < 1.29 is 31.6 Å². The molecule has 1 aliphatic heterocycles. The molecule has 2 atom stereocenters. The number of aliphatic hydroxyl groups is 1. The van der Waals surface area contributed by atoms with Gasteiger partial charge < -0.3 is 14.5 Å². The van der Waals surface area contributed by atoms with E-state index < -0.39 is 46.4 Å². The number of carbonyl (C=O) groups excluding carboxylic acids is 1. The number of urea groups is 1. The summed E-state index contributed by atoms with van der Waals surface area (Å²) in [6.45, 7) is 1.11. The summed E-state index contributed by atoms with van der Waals surface area (Å²) in [4.78, 5) is 14.3. The highest BCUT2D eigenvalue weighted by molar-refractivity contribution is 7.89. The third-order valence-corrected chi connectivity index (χ3v) is 7.28. The van der Waals surface area contributed by atoms with Crippen molar-refractivity contribution in [3.05, 3.63) is 47.0 Å². The quantitative estimate of drug-likeness (QED) is 0.463. The number of hydrogen-bond acceptors (Lipinski definition) is 6. The van der Waals surface area contributed by atoms with Gasteiger partial charge in [-0.05, 0) is 31.5 Å². The minimum atomic E-state index is -3.51. The van der Waals surface area contributed by atoms with Crippen molar-refractivity contribution in [2.24, 2.45) is 0 Å². The maximum absolute atomic E-state index is 14.5. The molecule has 1 aromatic heterocycles. The van der Waals surface area contributed by atoms with Gasteiger partial charge in [-0.15, -0.1) is 0 Å². The Morgan fingerprint density at radius 1 is 1.32 bits per heavy atom. The molecule has 0 saturated carbocycles. The third-order valence-electron chi connectivity index (χ3n) is 5.61. The summed E-state index contributed by atoms with van der Waals surface area (Å²) < 4.78 is 60.6. The second kappa shape index (κ2) is 9.45. The second-order valence-corrected chi connectivity index (χ2v) is 10.3. The van der Waals surface area contributed by atoms with Crippen LogP contribution in [0, 0.1) is 11.6 Å². The standard InChI is InChI=1S/C21H21ClF2N4O5S/c1-2-34(31,32)27-12-8-13(10-29)28(9-12)21(30)25-20-19-14(6-11(22)7-17(19)33-26-20)18-15(23)4-3-5-16(18)24/h3-7,12-13,27,29H,2,8-10H2,1H3,(H,25,26,30). The first kappa shape index (κ1) is 24.3. The number of carbonyl (C=O) groups is 1. The average molecular weight is 515 g/mol. The van der Waals surface area contributed by atoms with Crippen LogP contribution in [0.5, 0.6) is 0 Å². The first-order chi connectivity index (χ1) is 16.1. The number of sulfonamides is 1. The molecule has 1 fully saturated rings. The predicted molar refractivity (Wildman–Crippen MR) is 122 cm³/mol. The van der Waals surface area contributed by atoms with Crippen LogP contribution in [0.4, 0.5) is 19.4 Å². The van der Waals surface area contributed by atoms with Crippen LogP contribution in [0.2, 0.25) is 5.02 Å². The summed E-state index contributed by atoms with van der Waals surface area (Å²) >= 11 is 6.10. The topological polar surface area (TPSA) is 125 Å². The zero-order chi connectivity index (χ0) is 24.6. The van der Waals surface area contributed by atoms with E-state index in [1.807, 2.05) is 0 Å². The minimum Gasteiger partial charge on any atom is -0.394 e. The number of hydrogen-bond donors (Lipinski definition) is 3. The molecule has 13 heteroatoms. The van der Waals surface area contributed by atoms with Crippen LogP contribution in [-0.4, -0.2) is 60.6 Å². The Hall–Kier alpha value is -2.80. The molecule has 2 amide bonds. The number of rotatable bonds is 6. The minimum absolute atomic E-state index is 0.00665. The van der Waals surface area contributed by atoms with Gasteiger partial charge in [-0.3, -0.25) is 5.32 Å². The number of nitrogens with one attached hydrogen (secondary N) is 2. The van der Waals surface area contributed by atoms with Gasteiger partial charge in [0, 0.05) is 29.2 Å². The molecular formula is C21H21ClF2N4O5S. The Bertz CT molecular complexity index is 1330. The van der Waals surface area contributed by atoms with E-state index in [1.54, 1.807) is 0 Å².